The van der Waals surface area contributed by atoms with Gasteiger partial charge in [0, 0.05) is 18.3 Å². The van der Waals surface area contributed by atoms with Crippen molar-refractivity contribution in [1.82, 2.24) is 10.2 Å². The van der Waals surface area contributed by atoms with E-state index in [-0.39, 0.29) is 11.9 Å². The molecule has 0 aliphatic carbocycles. The van der Waals surface area contributed by atoms with Crippen LogP contribution < -0.4 is 11.1 Å². The SMILES string of the molecule is CC(CN1CCCC1)NC(=O)c1ccccc1N. The first-order valence-electron chi connectivity index (χ1n) is 6.54. The van der Waals surface area contributed by atoms with E-state index in [0.717, 1.165) is 19.6 Å². The lowest BCUT2D eigenvalue weighted by atomic mass is 10.1. The van der Waals surface area contributed by atoms with Gasteiger partial charge in [-0.05, 0) is 45.0 Å². The van der Waals surface area contributed by atoms with Gasteiger partial charge in [-0.3, -0.25) is 4.79 Å². The Morgan fingerprint density at radius 1 is 1.39 bits per heavy atom. The molecule has 0 saturated carbocycles. The minimum Gasteiger partial charge on any atom is -0.398 e. The first-order chi connectivity index (χ1) is 8.66. The molecule has 1 unspecified atom stereocenters. The fourth-order valence-corrected chi connectivity index (χ4v) is 2.40. The van der Waals surface area contributed by atoms with Crippen LogP contribution in [0.5, 0.6) is 0 Å². The predicted octanol–water partition coefficient (Wildman–Crippen LogP) is 1.48. The van der Waals surface area contributed by atoms with E-state index in [1.807, 2.05) is 19.1 Å². The van der Waals surface area contributed by atoms with Gasteiger partial charge >= 0.3 is 0 Å². The Morgan fingerprint density at radius 2 is 2.06 bits per heavy atom. The van der Waals surface area contributed by atoms with E-state index in [1.165, 1.54) is 12.8 Å². The Kier molecular flexibility index (Phi) is 4.20. The van der Waals surface area contributed by atoms with Gasteiger partial charge in [-0.2, -0.15) is 0 Å². The third-order valence-corrected chi connectivity index (χ3v) is 3.31. The van der Waals surface area contributed by atoms with Gasteiger partial charge in [0.1, 0.15) is 0 Å². The number of hydrogen-bond acceptors (Lipinski definition) is 3. The summed E-state index contributed by atoms with van der Waals surface area (Å²) in [4.78, 5) is 14.4. The van der Waals surface area contributed by atoms with Crippen molar-refractivity contribution in [2.24, 2.45) is 0 Å². The van der Waals surface area contributed by atoms with Gasteiger partial charge in [0.15, 0.2) is 0 Å². The van der Waals surface area contributed by atoms with Crippen molar-refractivity contribution >= 4 is 11.6 Å². The largest absolute Gasteiger partial charge is 0.398 e. The molecule has 0 aromatic heterocycles. The van der Waals surface area contributed by atoms with Crippen molar-refractivity contribution in [3.8, 4) is 0 Å². The first-order valence-corrected chi connectivity index (χ1v) is 6.54. The molecule has 0 spiro atoms. The highest BCUT2D eigenvalue weighted by atomic mass is 16.1. The molecule has 1 aliphatic rings. The summed E-state index contributed by atoms with van der Waals surface area (Å²) in [6.07, 6.45) is 2.54. The summed E-state index contributed by atoms with van der Waals surface area (Å²) in [5.74, 6) is -0.0835. The van der Waals surface area contributed by atoms with E-state index in [0.29, 0.717) is 11.3 Å². The summed E-state index contributed by atoms with van der Waals surface area (Å²) >= 11 is 0. The zero-order chi connectivity index (χ0) is 13.0. The zero-order valence-electron chi connectivity index (χ0n) is 10.9. The molecule has 3 N–H and O–H groups in total. The number of nitrogen functional groups attached to an aromatic ring is 1. The molecular formula is C14H21N3O. The van der Waals surface area contributed by atoms with Crippen LogP contribution in [-0.2, 0) is 0 Å². The van der Waals surface area contributed by atoms with E-state index in [9.17, 15) is 4.79 Å². The molecule has 1 fully saturated rings. The fourth-order valence-electron chi connectivity index (χ4n) is 2.40. The number of nitrogens with zero attached hydrogens (tertiary/aromatic N) is 1. The van der Waals surface area contributed by atoms with E-state index >= 15 is 0 Å². The second kappa shape index (κ2) is 5.87. The van der Waals surface area contributed by atoms with Crippen molar-refractivity contribution in [2.45, 2.75) is 25.8 Å². The van der Waals surface area contributed by atoms with Crippen LogP contribution >= 0.6 is 0 Å². The molecule has 1 atom stereocenters. The highest BCUT2D eigenvalue weighted by Crippen LogP contribution is 2.11. The number of nitrogens with one attached hydrogen (secondary N) is 1. The lowest BCUT2D eigenvalue weighted by Gasteiger charge is -2.21. The van der Waals surface area contributed by atoms with Crippen molar-refractivity contribution in [2.75, 3.05) is 25.4 Å². The molecule has 2 rings (SSSR count). The standard InChI is InChI=1S/C14H21N3O/c1-11(10-17-8-4-5-9-17)16-14(18)12-6-2-3-7-13(12)15/h2-3,6-7,11H,4-5,8-10,15H2,1H3,(H,16,18). The molecule has 1 amide bonds. The number of carbonyl (C=O) groups is 1. The fraction of sp³-hybridized carbons (Fsp3) is 0.500. The summed E-state index contributed by atoms with van der Waals surface area (Å²) in [6, 6.07) is 7.32. The smallest absolute Gasteiger partial charge is 0.253 e. The Balaban J connectivity index is 1.88. The van der Waals surface area contributed by atoms with Crippen LogP contribution in [0.3, 0.4) is 0 Å². The van der Waals surface area contributed by atoms with Crippen LogP contribution in [0.25, 0.3) is 0 Å². The van der Waals surface area contributed by atoms with Gasteiger partial charge in [-0.25, -0.2) is 0 Å². The van der Waals surface area contributed by atoms with Crippen LogP contribution in [-0.4, -0.2) is 36.5 Å². The van der Waals surface area contributed by atoms with E-state index in [4.69, 9.17) is 5.73 Å². The normalized spacial score (nSPS) is 17.6. The monoisotopic (exact) mass is 247 g/mol. The maximum absolute atomic E-state index is 12.0. The Bertz CT molecular complexity index is 413. The lowest BCUT2D eigenvalue weighted by molar-refractivity contribution is 0.0933. The van der Waals surface area contributed by atoms with Gasteiger partial charge in [-0.15, -0.1) is 0 Å². The van der Waals surface area contributed by atoms with E-state index in [1.54, 1.807) is 12.1 Å². The molecule has 0 radical (unpaired) electrons. The van der Waals surface area contributed by atoms with Gasteiger partial charge in [0.25, 0.3) is 5.91 Å². The summed E-state index contributed by atoms with van der Waals surface area (Å²) in [7, 11) is 0. The molecule has 1 heterocycles. The number of benzene rings is 1. The number of amides is 1. The Hall–Kier alpha value is -1.55. The Morgan fingerprint density at radius 3 is 2.72 bits per heavy atom. The number of rotatable bonds is 4. The summed E-state index contributed by atoms with van der Waals surface area (Å²) in [6.45, 7) is 5.25. The van der Waals surface area contributed by atoms with Gasteiger partial charge in [-0.1, -0.05) is 12.1 Å². The van der Waals surface area contributed by atoms with Crippen molar-refractivity contribution < 1.29 is 4.79 Å². The van der Waals surface area contributed by atoms with E-state index < -0.39 is 0 Å². The van der Waals surface area contributed by atoms with Crippen molar-refractivity contribution in [3.05, 3.63) is 29.8 Å². The molecule has 18 heavy (non-hydrogen) atoms. The highest BCUT2D eigenvalue weighted by Gasteiger charge is 2.17. The van der Waals surface area contributed by atoms with Crippen LogP contribution in [0.15, 0.2) is 24.3 Å². The molecule has 1 aliphatic heterocycles. The molecule has 4 nitrogen and oxygen atoms in total. The molecular weight excluding hydrogens is 226 g/mol. The first kappa shape index (κ1) is 12.9. The average Bonchev–Trinajstić information content (AvgIpc) is 2.82. The van der Waals surface area contributed by atoms with Gasteiger partial charge in [0.05, 0.1) is 5.56 Å². The molecule has 1 saturated heterocycles. The quantitative estimate of drug-likeness (QED) is 0.792. The molecule has 1 aromatic carbocycles. The number of hydrogen-bond donors (Lipinski definition) is 2. The molecule has 98 valence electrons. The number of nitrogens with two attached hydrogens (primary N) is 1. The number of likely N-dealkylation sites (tertiary alicyclic amines) is 1. The van der Waals surface area contributed by atoms with Crippen LogP contribution in [0, 0.1) is 0 Å². The third kappa shape index (κ3) is 3.23. The maximum atomic E-state index is 12.0. The van der Waals surface area contributed by atoms with Crippen molar-refractivity contribution in [3.63, 3.8) is 0 Å². The molecule has 4 heteroatoms. The van der Waals surface area contributed by atoms with E-state index in [2.05, 4.69) is 10.2 Å². The third-order valence-electron chi connectivity index (χ3n) is 3.31. The number of para-hydroxylation sites is 1. The van der Waals surface area contributed by atoms with Crippen molar-refractivity contribution in [1.29, 1.82) is 0 Å². The average molecular weight is 247 g/mol. The summed E-state index contributed by atoms with van der Waals surface area (Å²) in [5.41, 5.74) is 6.88. The highest BCUT2D eigenvalue weighted by molar-refractivity contribution is 5.99. The zero-order valence-corrected chi connectivity index (χ0v) is 10.9. The van der Waals surface area contributed by atoms with Gasteiger partial charge in [0.2, 0.25) is 0 Å². The minimum absolute atomic E-state index is 0.0835. The summed E-state index contributed by atoms with van der Waals surface area (Å²) in [5, 5.41) is 3.00. The van der Waals surface area contributed by atoms with Crippen LogP contribution in [0.4, 0.5) is 5.69 Å². The molecule has 1 aromatic rings. The summed E-state index contributed by atoms with van der Waals surface area (Å²) < 4.78 is 0. The molecule has 0 bridgehead atoms. The number of carbonyl (C=O) groups excluding carboxylic acids is 1. The van der Waals surface area contributed by atoms with Crippen LogP contribution in [0.1, 0.15) is 30.1 Å². The van der Waals surface area contributed by atoms with Crippen LogP contribution in [0.2, 0.25) is 0 Å². The second-order valence-corrected chi connectivity index (χ2v) is 4.97. The predicted molar refractivity (Wildman–Crippen MR) is 73.5 cm³/mol. The number of anilines is 1. The topological polar surface area (TPSA) is 58.4 Å². The lowest BCUT2D eigenvalue weighted by Crippen LogP contribution is -2.41. The van der Waals surface area contributed by atoms with Gasteiger partial charge < -0.3 is 16.0 Å². The maximum Gasteiger partial charge on any atom is 0.253 e. The second-order valence-electron chi connectivity index (χ2n) is 4.97. The Labute approximate surface area is 108 Å². The minimum atomic E-state index is -0.0835.